The van der Waals surface area contributed by atoms with E-state index in [9.17, 15) is 0 Å². The van der Waals surface area contributed by atoms with Crippen LogP contribution in [0.25, 0.3) is 0 Å². The topological polar surface area (TPSA) is 54.6 Å². The van der Waals surface area contributed by atoms with E-state index in [2.05, 4.69) is 11.6 Å². The minimum absolute atomic E-state index is 0.214. The molecule has 0 saturated heterocycles. The Morgan fingerprint density at radius 1 is 0.903 bits per heavy atom. The van der Waals surface area contributed by atoms with Gasteiger partial charge in [-0.2, -0.15) is 5.26 Å². The zero-order valence-corrected chi connectivity index (χ0v) is 18.2. The maximum absolute atomic E-state index is 8.70. The molecule has 0 spiro atoms. The fourth-order valence-electron chi connectivity index (χ4n) is 2.41. The second-order valence-corrected chi connectivity index (χ2v) is 6.56. The van der Waals surface area contributed by atoms with Crippen molar-refractivity contribution >= 4 is 17.3 Å². The van der Waals surface area contributed by atoms with Crippen molar-refractivity contribution in [3.05, 3.63) is 114 Å². The Balaban J connectivity index is 0.000000231. The van der Waals surface area contributed by atoms with Crippen LogP contribution in [0.2, 0.25) is 0 Å². The van der Waals surface area contributed by atoms with Gasteiger partial charge in [-0.05, 0) is 60.2 Å². The molecule has 3 rings (SSSR count). The van der Waals surface area contributed by atoms with Gasteiger partial charge in [-0.25, -0.2) is 0 Å². The molecule has 0 aliphatic heterocycles. The van der Waals surface area contributed by atoms with Crippen LogP contribution in [0.1, 0.15) is 5.56 Å². The Bertz CT molecular complexity index is 1030. The molecule has 0 atom stereocenters. The number of nitriles is 1. The van der Waals surface area contributed by atoms with Crippen LogP contribution in [-0.4, -0.2) is 19.9 Å². The molecule has 0 radical (unpaired) electrons. The van der Waals surface area contributed by atoms with Gasteiger partial charge < -0.3 is 9.47 Å². The molecule has 3 aromatic rings. The van der Waals surface area contributed by atoms with Gasteiger partial charge in [-0.3, -0.25) is 4.99 Å². The van der Waals surface area contributed by atoms with Crippen molar-refractivity contribution in [3.63, 3.8) is 0 Å². The van der Waals surface area contributed by atoms with Crippen molar-refractivity contribution in [2.45, 2.75) is 0 Å². The second-order valence-electron chi connectivity index (χ2n) is 6.15. The second kappa shape index (κ2) is 12.7. The molecule has 31 heavy (non-hydrogen) atoms. The summed E-state index contributed by atoms with van der Waals surface area (Å²) in [6, 6.07) is 28.8. The third kappa shape index (κ3) is 7.85. The summed E-state index contributed by atoms with van der Waals surface area (Å²) in [5.74, 6) is 2.51. The van der Waals surface area contributed by atoms with Gasteiger partial charge in [0.15, 0.2) is 0 Å². The molecule has 0 heterocycles. The standard InChI is InChI=1S/C14H13ClN2O.C12H10O/c1-10(9-16)13(15)8-14(17-2)11-4-6-12(18-3)7-5-11;1-3-7-11(8-4-1)13-12-9-5-2-6-10-12/h4-8H,1H2,2-3H3;1-10H/b13-8+,17-14?;. The Morgan fingerprint density at radius 3 is 1.84 bits per heavy atom. The summed E-state index contributed by atoms with van der Waals surface area (Å²) in [6.07, 6.45) is 1.62. The lowest BCUT2D eigenvalue weighted by Crippen LogP contribution is -1.98. The fourth-order valence-corrected chi connectivity index (χ4v) is 2.56. The summed E-state index contributed by atoms with van der Waals surface area (Å²) >= 11 is 5.95. The van der Waals surface area contributed by atoms with Crippen LogP contribution in [-0.2, 0) is 0 Å². The molecule has 0 fully saturated rings. The number of methoxy groups -OCH3 is 1. The maximum Gasteiger partial charge on any atom is 0.127 e. The number of benzene rings is 3. The van der Waals surface area contributed by atoms with E-state index < -0.39 is 0 Å². The molecule has 0 unspecified atom stereocenters. The van der Waals surface area contributed by atoms with Gasteiger partial charge in [0.1, 0.15) is 23.3 Å². The van der Waals surface area contributed by atoms with Crippen molar-refractivity contribution in [1.82, 2.24) is 0 Å². The van der Waals surface area contributed by atoms with E-state index in [4.69, 9.17) is 26.3 Å². The fraction of sp³-hybridized carbons (Fsp3) is 0.0769. The van der Waals surface area contributed by atoms with Gasteiger partial charge in [0, 0.05) is 7.05 Å². The van der Waals surface area contributed by atoms with Crippen molar-refractivity contribution in [2.75, 3.05) is 14.2 Å². The molecule has 5 heteroatoms. The largest absolute Gasteiger partial charge is 0.497 e. The van der Waals surface area contributed by atoms with Crippen LogP contribution in [0.15, 0.2) is 113 Å². The summed E-state index contributed by atoms with van der Waals surface area (Å²) < 4.78 is 10.7. The molecule has 0 aromatic heterocycles. The van der Waals surface area contributed by atoms with Crippen molar-refractivity contribution in [2.24, 2.45) is 4.99 Å². The number of rotatable bonds is 6. The van der Waals surface area contributed by atoms with Crippen molar-refractivity contribution < 1.29 is 9.47 Å². The van der Waals surface area contributed by atoms with Crippen molar-refractivity contribution in [1.29, 1.82) is 5.26 Å². The summed E-state index contributed by atoms with van der Waals surface area (Å²) in [5, 5.41) is 8.98. The average molecular weight is 431 g/mol. The van der Waals surface area contributed by atoms with Gasteiger partial charge in [-0.15, -0.1) is 0 Å². The maximum atomic E-state index is 8.70. The smallest absolute Gasteiger partial charge is 0.127 e. The SMILES string of the molecule is C=C(C#N)/C(Cl)=C\C(=NC)c1ccc(OC)cc1.c1ccc(Oc2ccccc2)cc1. The summed E-state index contributed by atoms with van der Waals surface area (Å²) in [7, 11) is 3.27. The van der Waals surface area contributed by atoms with E-state index in [1.165, 1.54) is 0 Å². The number of nitrogens with zero attached hydrogens (tertiary/aromatic N) is 2. The Morgan fingerprint density at radius 2 is 1.42 bits per heavy atom. The van der Waals surface area contributed by atoms with E-state index in [0.717, 1.165) is 22.8 Å². The van der Waals surface area contributed by atoms with Crippen LogP contribution < -0.4 is 9.47 Å². The summed E-state index contributed by atoms with van der Waals surface area (Å²) in [5.41, 5.74) is 1.78. The van der Waals surface area contributed by atoms with Gasteiger partial charge in [0.05, 0.1) is 23.4 Å². The van der Waals surface area contributed by atoms with Crippen LogP contribution in [0, 0.1) is 11.3 Å². The Labute approximate surface area is 188 Å². The van der Waals surface area contributed by atoms with Gasteiger partial charge >= 0.3 is 0 Å². The molecule has 0 saturated carbocycles. The molecule has 0 aliphatic rings. The van der Waals surface area contributed by atoms with Gasteiger partial charge in [0.25, 0.3) is 0 Å². The zero-order chi connectivity index (χ0) is 22.5. The van der Waals surface area contributed by atoms with E-state index in [1.54, 1.807) is 20.2 Å². The van der Waals surface area contributed by atoms with E-state index >= 15 is 0 Å². The minimum Gasteiger partial charge on any atom is -0.497 e. The first kappa shape index (κ1) is 23.5. The number of aliphatic imine (C=N–C) groups is 1. The quantitative estimate of drug-likeness (QED) is 0.245. The molecular formula is C26H23ClN2O2. The van der Waals surface area contributed by atoms with Crippen LogP contribution >= 0.6 is 11.6 Å². The number of halogens is 1. The minimum atomic E-state index is 0.214. The normalized spacial score (nSPS) is 10.9. The molecule has 0 amide bonds. The molecule has 3 aromatic carbocycles. The first-order valence-electron chi connectivity index (χ1n) is 9.43. The molecular weight excluding hydrogens is 408 g/mol. The highest BCUT2D eigenvalue weighted by Crippen LogP contribution is 2.19. The molecule has 0 bridgehead atoms. The highest BCUT2D eigenvalue weighted by molar-refractivity contribution is 6.34. The number of ether oxygens (including phenoxy) is 2. The Kier molecular flexibility index (Phi) is 9.61. The van der Waals surface area contributed by atoms with E-state index in [-0.39, 0.29) is 10.6 Å². The highest BCUT2D eigenvalue weighted by atomic mass is 35.5. The predicted molar refractivity (Wildman–Crippen MR) is 127 cm³/mol. The lowest BCUT2D eigenvalue weighted by atomic mass is 10.1. The number of hydrogen-bond donors (Lipinski definition) is 0. The lowest BCUT2D eigenvalue weighted by Gasteiger charge is -2.04. The Hall–Kier alpha value is -3.81. The number of hydrogen-bond acceptors (Lipinski definition) is 4. The van der Waals surface area contributed by atoms with E-state index in [1.807, 2.05) is 91.0 Å². The predicted octanol–water partition coefficient (Wildman–Crippen LogP) is 6.80. The average Bonchev–Trinajstić information content (AvgIpc) is 2.83. The molecule has 156 valence electrons. The van der Waals surface area contributed by atoms with Gasteiger partial charge in [-0.1, -0.05) is 54.6 Å². The number of allylic oxidation sites excluding steroid dienone is 3. The highest BCUT2D eigenvalue weighted by Gasteiger charge is 2.04. The molecule has 0 N–H and O–H groups in total. The first-order valence-corrected chi connectivity index (χ1v) is 9.81. The van der Waals surface area contributed by atoms with Gasteiger partial charge in [0.2, 0.25) is 0 Å². The lowest BCUT2D eigenvalue weighted by molar-refractivity contribution is 0.415. The first-order chi connectivity index (χ1) is 15.1. The third-order valence-corrected chi connectivity index (χ3v) is 4.37. The van der Waals surface area contributed by atoms with Crippen LogP contribution in [0.3, 0.4) is 0 Å². The zero-order valence-electron chi connectivity index (χ0n) is 17.5. The van der Waals surface area contributed by atoms with Crippen LogP contribution in [0.4, 0.5) is 0 Å². The number of para-hydroxylation sites is 2. The summed E-state index contributed by atoms with van der Waals surface area (Å²) in [6.45, 7) is 3.55. The monoisotopic (exact) mass is 430 g/mol. The van der Waals surface area contributed by atoms with Crippen LogP contribution in [0.5, 0.6) is 17.2 Å². The van der Waals surface area contributed by atoms with Crippen molar-refractivity contribution in [3.8, 4) is 23.3 Å². The van der Waals surface area contributed by atoms with E-state index in [0.29, 0.717) is 5.71 Å². The summed E-state index contributed by atoms with van der Waals surface area (Å²) in [4.78, 5) is 4.13. The molecule has 4 nitrogen and oxygen atoms in total. The third-order valence-electron chi connectivity index (χ3n) is 4.04. The molecule has 0 aliphatic carbocycles.